The molecule has 0 bridgehead atoms. The van der Waals surface area contributed by atoms with Crippen molar-refractivity contribution in [3.63, 3.8) is 0 Å². The molecule has 100 valence electrons. The molecule has 0 aliphatic heterocycles. The van der Waals surface area contributed by atoms with E-state index < -0.39 is 5.69 Å². The zero-order valence-corrected chi connectivity index (χ0v) is 10.8. The molecule has 0 saturated carbocycles. The van der Waals surface area contributed by atoms with Crippen molar-refractivity contribution in [2.24, 2.45) is 0 Å². The Bertz CT molecular complexity index is 686. The van der Waals surface area contributed by atoms with E-state index in [2.05, 4.69) is 0 Å². The van der Waals surface area contributed by atoms with Crippen molar-refractivity contribution >= 4 is 0 Å². The summed E-state index contributed by atoms with van der Waals surface area (Å²) in [6.45, 7) is 3.73. The molecular weight excluding hydrogens is 247 g/mol. The van der Waals surface area contributed by atoms with Crippen molar-refractivity contribution in [1.29, 1.82) is 0 Å². The number of rotatable bonds is 3. The van der Waals surface area contributed by atoms with Crippen LogP contribution in [0.15, 0.2) is 46.1 Å². The topological polar surface area (TPSA) is 44.0 Å². The molecule has 0 aliphatic rings. The van der Waals surface area contributed by atoms with E-state index in [1.807, 2.05) is 13.8 Å². The highest BCUT2D eigenvalue weighted by molar-refractivity contribution is 5.31. The third-order valence-corrected chi connectivity index (χ3v) is 3.15. The van der Waals surface area contributed by atoms with E-state index in [0.717, 1.165) is 0 Å². The van der Waals surface area contributed by atoms with Gasteiger partial charge in [-0.1, -0.05) is 6.92 Å². The van der Waals surface area contributed by atoms with Gasteiger partial charge in [-0.15, -0.1) is 0 Å². The van der Waals surface area contributed by atoms with Crippen molar-refractivity contribution in [2.75, 3.05) is 0 Å². The van der Waals surface area contributed by atoms with Crippen molar-refractivity contribution in [3.05, 3.63) is 63.2 Å². The van der Waals surface area contributed by atoms with Crippen LogP contribution in [0.4, 0.5) is 4.39 Å². The van der Waals surface area contributed by atoms with Crippen molar-refractivity contribution in [2.45, 2.75) is 26.3 Å². The van der Waals surface area contributed by atoms with Gasteiger partial charge in [-0.2, -0.15) is 0 Å². The molecular formula is C14H15FN2O2. The zero-order chi connectivity index (χ0) is 14.0. The fraction of sp³-hybridized carbons (Fsp3) is 0.286. The molecule has 2 rings (SSSR count). The van der Waals surface area contributed by atoms with E-state index in [0.29, 0.717) is 12.1 Å². The Kier molecular flexibility index (Phi) is 3.64. The van der Waals surface area contributed by atoms with Crippen LogP contribution >= 0.6 is 0 Å². The van der Waals surface area contributed by atoms with E-state index in [9.17, 15) is 14.0 Å². The van der Waals surface area contributed by atoms with Gasteiger partial charge in [0, 0.05) is 18.3 Å². The summed E-state index contributed by atoms with van der Waals surface area (Å²) < 4.78 is 15.4. The maximum absolute atomic E-state index is 12.9. The van der Waals surface area contributed by atoms with Crippen LogP contribution in [0.1, 0.15) is 26.3 Å². The molecule has 5 heteroatoms. The highest BCUT2D eigenvalue weighted by atomic mass is 19.1. The van der Waals surface area contributed by atoms with Gasteiger partial charge < -0.3 is 0 Å². The third-order valence-electron chi connectivity index (χ3n) is 3.15. The second kappa shape index (κ2) is 5.22. The maximum Gasteiger partial charge on any atom is 0.335 e. The molecule has 0 N–H and O–H groups in total. The molecule has 1 aromatic heterocycles. The van der Waals surface area contributed by atoms with Gasteiger partial charge in [-0.05, 0) is 37.6 Å². The summed E-state index contributed by atoms with van der Waals surface area (Å²) in [6.07, 6.45) is 2.10. The van der Waals surface area contributed by atoms with Gasteiger partial charge >= 0.3 is 5.69 Å². The molecule has 0 fully saturated rings. The summed E-state index contributed by atoms with van der Waals surface area (Å²) in [5.41, 5.74) is -0.199. The minimum atomic E-state index is -0.409. The maximum atomic E-state index is 12.9. The highest BCUT2D eigenvalue weighted by Crippen LogP contribution is 2.07. The minimum Gasteiger partial charge on any atom is -0.269 e. The summed E-state index contributed by atoms with van der Waals surface area (Å²) in [5, 5.41) is 0. The molecule has 0 aliphatic carbocycles. The van der Waals surface area contributed by atoms with Gasteiger partial charge in [0.2, 0.25) is 0 Å². The zero-order valence-electron chi connectivity index (χ0n) is 10.8. The predicted molar refractivity (Wildman–Crippen MR) is 71.3 cm³/mol. The van der Waals surface area contributed by atoms with E-state index in [4.69, 9.17) is 0 Å². The second-order valence-corrected chi connectivity index (χ2v) is 4.41. The smallest absolute Gasteiger partial charge is 0.269 e. The lowest BCUT2D eigenvalue weighted by Gasteiger charge is -2.14. The van der Waals surface area contributed by atoms with Crippen LogP contribution in [0.2, 0.25) is 0 Å². The van der Waals surface area contributed by atoms with Crippen LogP contribution < -0.4 is 11.2 Å². The molecule has 1 heterocycles. The van der Waals surface area contributed by atoms with Gasteiger partial charge in [0.1, 0.15) is 5.82 Å². The summed E-state index contributed by atoms with van der Waals surface area (Å²) in [6, 6.07) is 6.73. The summed E-state index contributed by atoms with van der Waals surface area (Å²) in [7, 11) is 0. The lowest BCUT2D eigenvalue weighted by molar-refractivity contribution is 0.481. The Morgan fingerprint density at radius 2 is 1.79 bits per heavy atom. The molecule has 1 atom stereocenters. The lowest BCUT2D eigenvalue weighted by Crippen LogP contribution is -2.39. The monoisotopic (exact) mass is 262 g/mol. The number of nitrogens with zero attached hydrogens (tertiary/aromatic N) is 2. The highest BCUT2D eigenvalue weighted by Gasteiger charge is 2.11. The van der Waals surface area contributed by atoms with Crippen LogP contribution in [0.25, 0.3) is 5.69 Å². The molecule has 4 nitrogen and oxygen atoms in total. The summed E-state index contributed by atoms with van der Waals surface area (Å²) in [5.74, 6) is -0.368. The fourth-order valence-electron chi connectivity index (χ4n) is 1.88. The van der Waals surface area contributed by atoms with Gasteiger partial charge in [0.15, 0.2) is 0 Å². The predicted octanol–water partition coefficient (Wildman–Crippen LogP) is 2.11. The van der Waals surface area contributed by atoms with Gasteiger partial charge in [-0.25, -0.2) is 9.18 Å². The Labute approximate surface area is 109 Å². The summed E-state index contributed by atoms with van der Waals surface area (Å²) >= 11 is 0. The number of hydrogen-bond donors (Lipinski definition) is 0. The van der Waals surface area contributed by atoms with Crippen molar-refractivity contribution in [1.82, 2.24) is 9.13 Å². The Morgan fingerprint density at radius 1 is 1.16 bits per heavy atom. The molecule has 0 amide bonds. The first kappa shape index (κ1) is 13.3. The second-order valence-electron chi connectivity index (χ2n) is 4.41. The molecule has 0 radical (unpaired) electrons. The molecule has 19 heavy (non-hydrogen) atoms. The van der Waals surface area contributed by atoms with Crippen LogP contribution in [0.5, 0.6) is 0 Å². The lowest BCUT2D eigenvalue weighted by atomic mass is 10.2. The third kappa shape index (κ3) is 2.50. The van der Waals surface area contributed by atoms with E-state index in [1.165, 1.54) is 45.7 Å². The first-order valence-electron chi connectivity index (χ1n) is 6.14. The quantitative estimate of drug-likeness (QED) is 0.850. The summed E-state index contributed by atoms with van der Waals surface area (Å²) in [4.78, 5) is 24.1. The number of hydrogen-bond acceptors (Lipinski definition) is 2. The normalized spacial score (nSPS) is 12.4. The van der Waals surface area contributed by atoms with Gasteiger partial charge in [0.25, 0.3) is 5.56 Å². The average Bonchev–Trinajstić information content (AvgIpc) is 2.40. The molecule has 0 spiro atoms. The number of benzene rings is 1. The minimum absolute atomic E-state index is 0.173. The van der Waals surface area contributed by atoms with Crippen LogP contribution in [0, 0.1) is 5.82 Å². The SMILES string of the molecule is CCC(C)n1c(=O)ccn(-c2ccc(F)cc2)c1=O. The van der Waals surface area contributed by atoms with Crippen molar-refractivity contribution < 1.29 is 4.39 Å². The van der Waals surface area contributed by atoms with Crippen LogP contribution in [-0.4, -0.2) is 9.13 Å². The number of halogens is 1. The largest absolute Gasteiger partial charge is 0.335 e. The first-order chi connectivity index (χ1) is 9.04. The van der Waals surface area contributed by atoms with Crippen LogP contribution in [-0.2, 0) is 0 Å². The molecule has 1 aromatic carbocycles. The van der Waals surface area contributed by atoms with E-state index >= 15 is 0 Å². The van der Waals surface area contributed by atoms with Gasteiger partial charge in [0.05, 0.1) is 5.69 Å². The van der Waals surface area contributed by atoms with E-state index in [-0.39, 0.29) is 17.4 Å². The fourth-order valence-corrected chi connectivity index (χ4v) is 1.88. The Morgan fingerprint density at radius 3 is 2.37 bits per heavy atom. The van der Waals surface area contributed by atoms with Gasteiger partial charge in [-0.3, -0.25) is 13.9 Å². The average molecular weight is 262 g/mol. The van der Waals surface area contributed by atoms with E-state index in [1.54, 1.807) is 0 Å². The Balaban J connectivity index is 2.63. The first-order valence-corrected chi connectivity index (χ1v) is 6.14. The standard InChI is InChI=1S/C14H15FN2O2/c1-3-10(2)17-13(18)8-9-16(14(17)19)12-6-4-11(15)5-7-12/h4-10H,3H2,1-2H3. The molecule has 2 aromatic rings. The van der Waals surface area contributed by atoms with Crippen LogP contribution in [0.3, 0.4) is 0 Å². The molecule has 1 unspecified atom stereocenters. The molecule has 0 saturated heterocycles. The Hall–Kier alpha value is -2.17. The van der Waals surface area contributed by atoms with Crippen molar-refractivity contribution in [3.8, 4) is 5.69 Å². The number of aromatic nitrogens is 2.